The van der Waals surface area contributed by atoms with Crippen LogP contribution in [0.25, 0.3) is 10.1 Å². The molecule has 1 heterocycles. The highest BCUT2D eigenvalue weighted by Gasteiger charge is 2.13. The van der Waals surface area contributed by atoms with Crippen molar-refractivity contribution in [1.82, 2.24) is 0 Å². The molecule has 0 saturated carbocycles. The van der Waals surface area contributed by atoms with Crippen molar-refractivity contribution in [3.05, 3.63) is 23.1 Å². The van der Waals surface area contributed by atoms with Gasteiger partial charge in [-0.05, 0) is 17.5 Å². The number of benzene rings is 1. The summed E-state index contributed by atoms with van der Waals surface area (Å²) < 4.78 is 0.873. The van der Waals surface area contributed by atoms with E-state index in [-0.39, 0.29) is 5.56 Å². The number of carbonyl (C=O) groups is 1. The Bertz CT molecular complexity index is 519. The highest BCUT2D eigenvalue weighted by Crippen LogP contribution is 2.33. The van der Waals surface area contributed by atoms with Crippen LogP contribution in [0.5, 0.6) is 0 Å². The first kappa shape index (κ1) is 9.36. The van der Waals surface area contributed by atoms with E-state index in [2.05, 4.69) is 12.6 Å². The second kappa shape index (κ2) is 3.18. The maximum Gasteiger partial charge on any atom is 0.336 e. The molecule has 0 aliphatic rings. The summed E-state index contributed by atoms with van der Waals surface area (Å²) >= 11 is 5.56. The number of thiol groups is 1. The molecular formula is C9H7NO2S2. The summed E-state index contributed by atoms with van der Waals surface area (Å²) in [6.07, 6.45) is 0. The standard InChI is InChI=1S/C9H7NO2S2/c10-7-4-1-2-14-6(4)3-5(8(7)13)9(11)12/h1-3,13H,10H2,(H,11,12). The number of fused-ring (bicyclic) bond motifs is 1. The van der Waals surface area contributed by atoms with Gasteiger partial charge in [0.1, 0.15) is 0 Å². The molecule has 0 fully saturated rings. The third-order valence-electron chi connectivity index (χ3n) is 2.00. The molecule has 0 bridgehead atoms. The third-order valence-corrected chi connectivity index (χ3v) is 3.35. The van der Waals surface area contributed by atoms with Gasteiger partial charge in [-0.3, -0.25) is 0 Å². The number of nitrogens with two attached hydrogens (primary N) is 1. The maximum atomic E-state index is 10.8. The van der Waals surface area contributed by atoms with Gasteiger partial charge in [0.2, 0.25) is 0 Å². The molecule has 1 aromatic heterocycles. The van der Waals surface area contributed by atoms with E-state index in [9.17, 15) is 4.79 Å². The Hall–Kier alpha value is -1.20. The molecule has 0 saturated heterocycles. The minimum Gasteiger partial charge on any atom is -0.478 e. The molecule has 3 nitrogen and oxygen atoms in total. The van der Waals surface area contributed by atoms with Crippen molar-refractivity contribution in [2.75, 3.05) is 5.73 Å². The summed E-state index contributed by atoms with van der Waals surface area (Å²) in [6, 6.07) is 3.46. The van der Waals surface area contributed by atoms with Gasteiger partial charge in [0.25, 0.3) is 0 Å². The Labute approximate surface area is 89.6 Å². The van der Waals surface area contributed by atoms with Crippen LogP contribution in [0.15, 0.2) is 22.4 Å². The summed E-state index contributed by atoms with van der Waals surface area (Å²) in [6.45, 7) is 0. The lowest BCUT2D eigenvalue weighted by Gasteiger charge is -2.04. The fraction of sp³-hybridized carbons (Fsp3) is 0. The molecule has 14 heavy (non-hydrogen) atoms. The van der Waals surface area contributed by atoms with Crippen molar-refractivity contribution >= 4 is 45.7 Å². The van der Waals surface area contributed by atoms with Crippen LogP contribution < -0.4 is 5.73 Å². The second-order valence-corrected chi connectivity index (χ2v) is 4.22. The SMILES string of the molecule is Nc1c(S)c(C(=O)O)cc2sccc12. The van der Waals surface area contributed by atoms with Crippen molar-refractivity contribution in [3.8, 4) is 0 Å². The largest absolute Gasteiger partial charge is 0.478 e. The Morgan fingerprint density at radius 1 is 1.57 bits per heavy atom. The Morgan fingerprint density at radius 2 is 2.29 bits per heavy atom. The second-order valence-electron chi connectivity index (χ2n) is 2.82. The van der Waals surface area contributed by atoms with Crippen LogP contribution in [-0.4, -0.2) is 11.1 Å². The van der Waals surface area contributed by atoms with E-state index in [1.807, 2.05) is 11.4 Å². The van der Waals surface area contributed by atoms with E-state index in [0.29, 0.717) is 10.6 Å². The number of aromatic carboxylic acids is 1. The van der Waals surface area contributed by atoms with Crippen LogP contribution in [0.3, 0.4) is 0 Å². The highest BCUT2D eigenvalue weighted by molar-refractivity contribution is 7.80. The van der Waals surface area contributed by atoms with Gasteiger partial charge < -0.3 is 10.8 Å². The van der Waals surface area contributed by atoms with Crippen LogP contribution in [0.2, 0.25) is 0 Å². The van der Waals surface area contributed by atoms with Crippen LogP contribution in [0, 0.1) is 0 Å². The summed E-state index contributed by atoms with van der Waals surface area (Å²) in [4.78, 5) is 11.2. The average molecular weight is 225 g/mol. The van der Waals surface area contributed by atoms with E-state index in [4.69, 9.17) is 10.8 Å². The minimum atomic E-state index is -1.00. The predicted molar refractivity (Wildman–Crippen MR) is 60.4 cm³/mol. The molecule has 0 atom stereocenters. The van der Waals surface area contributed by atoms with Crippen LogP contribution in [0.1, 0.15) is 10.4 Å². The number of carboxylic acid groups (broad SMARTS) is 1. The first-order valence-corrected chi connectivity index (χ1v) is 5.16. The number of anilines is 1. The lowest BCUT2D eigenvalue weighted by atomic mass is 10.1. The first-order chi connectivity index (χ1) is 6.61. The zero-order valence-electron chi connectivity index (χ0n) is 7.02. The Kier molecular flexibility index (Phi) is 2.13. The minimum absolute atomic E-state index is 0.154. The molecule has 0 aliphatic carbocycles. The summed E-state index contributed by atoms with van der Waals surface area (Å²) in [7, 11) is 0. The van der Waals surface area contributed by atoms with E-state index >= 15 is 0 Å². The zero-order chi connectivity index (χ0) is 10.3. The van der Waals surface area contributed by atoms with E-state index in [0.717, 1.165) is 10.1 Å². The van der Waals surface area contributed by atoms with Crippen molar-refractivity contribution in [2.45, 2.75) is 4.90 Å². The van der Waals surface area contributed by atoms with Gasteiger partial charge in [-0.25, -0.2) is 4.79 Å². The Balaban J connectivity index is 2.87. The highest BCUT2D eigenvalue weighted by atomic mass is 32.1. The quantitative estimate of drug-likeness (QED) is 0.516. The molecule has 0 unspecified atom stereocenters. The number of carboxylic acids is 1. The summed E-state index contributed by atoms with van der Waals surface area (Å²) in [5.74, 6) is -1.00. The number of thiophene rings is 1. The van der Waals surface area contributed by atoms with E-state index in [1.54, 1.807) is 6.07 Å². The van der Waals surface area contributed by atoms with Gasteiger partial charge in [-0.2, -0.15) is 0 Å². The molecule has 0 amide bonds. The van der Waals surface area contributed by atoms with Gasteiger partial charge in [0.05, 0.1) is 11.3 Å². The van der Waals surface area contributed by atoms with Gasteiger partial charge in [0, 0.05) is 15.0 Å². The van der Waals surface area contributed by atoms with Gasteiger partial charge >= 0.3 is 5.97 Å². The molecule has 5 heteroatoms. The van der Waals surface area contributed by atoms with Crippen molar-refractivity contribution < 1.29 is 9.90 Å². The van der Waals surface area contributed by atoms with Gasteiger partial charge in [-0.15, -0.1) is 24.0 Å². The predicted octanol–water partition coefficient (Wildman–Crippen LogP) is 2.47. The van der Waals surface area contributed by atoms with Crippen LogP contribution in [-0.2, 0) is 0 Å². The molecule has 0 aliphatic heterocycles. The monoisotopic (exact) mass is 225 g/mol. The first-order valence-electron chi connectivity index (χ1n) is 3.83. The molecule has 2 rings (SSSR count). The molecule has 0 radical (unpaired) electrons. The number of nitrogen functional groups attached to an aromatic ring is 1. The average Bonchev–Trinajstić information content (AvgIpc) is 2.58. The molecule has 0 spiro atoms. The number of rotatable bonds is 1. The third kappa shape index (κ3) is 1.25. The van der Waals surface area contributed by atoms with Crippen molar-refractivity contribution in [3.63, 3.8) is 0 Å². The summed E-state index contributed by atoms with van der Waals surface area (Å²) in [5.41, 5.74) is 6.36. The normalized spacial score (nSPS) is 10.6. The Morgan fingerprint density at radius 3 is 2.93 bits per heavy atom. The van der Waals surface area contributed by atoms with Crippen LogP contribution >= 0.6 is 24.0 Å². The molecule has 2 aromatic rings. The molecule has 72 valence electrons. The molecular weight excluding hydrogens is 218 g/mol. The maximum absolute atomic E-state index is 10.8. The lowest BCUT2D eigenvalue weighted by molar-refractivity contribution is 0.0693. The van der Waals surface area contributed by atoms with Gasteiger partial charge in [-0.1, -0.05) is 0 Å². The van der Waals surface area contributed by atoms with Crippen molar-refractivity contribution in [1.29, 1.82) is 0 Å². The lowest BCUT2D eigenvalue weighted by Crippen LogP contribution is -2.00. The fourth-order valence-electron chi connectivity index (χ4n) is 1.29. The zero-order valence-corrected chi connectivity index (χ0v) is 8.73. The smallest absolute Gasteiger partial charge is 0.336 e. The van der Waals surface area contributed by atoms with Crippen molar-refractivity contribution in [2.24, 2.45) is 0 Å². The number of hydrogen-bond donors (Lipinski definition) is 3. The fourth-order valence-corrected chi connectivity index (χ4v) is 2.41. The van der Waals surface area contributed by atoms with Crippen LogP contribution in [0.4, 0.5) is 5.69 Å². The number of hydrogen-bond acceptors (Lipinski definition) is 4. The van der Waals surface area contributed by atoms with Gasteiger partial charge in [0.15, 0.2) is 0 Å². The molecule has 1 aromatic carbocycles. The molecule has 3 N–H and O–H groups in total. The van der Waals surface area contributed by atoms with E-state index in [1.165, 1.54) is 11.3 Å². The van der Waals surface area contributed by atoms with E-state index < -0.39 is 5.97 Å². The topological polar surface area (TPSA) is 63.3 Å². The summed E-state index contributed by atoms with van der Waals surface area (Å²) in [5, 5.41) is 11.6.